The number of ether oxygens (including phenoxy) is 1. The van der Waals surface area contributed by atoms with Crippen LogP contribution in [0, 0.1) is 0 Å². The Morgan fingerprint density at radius 3 is 2.52 bits per heavy atom. The molecule has 1 saturated heterocycles. The molecule has 1 amide bonds. The van der Waals surface area contributed by atoms with E-state index < -0.39 is 17.8 Å². The maximum Gasteiger partial charge on any atom is 0.428 e. The molecule has 0 saturated carbocycles. The molecule has 0 bridgehead atoms. The molecular formula is C15H16F3N3O2. The first-order valence-corrected chi connectivity index (χ1v) is 7.41. The summed E-state index contributed by atoms with van der Waals surface area (Å²) < 4.78 is 45.1. The number of rotatable bonds is 2. The molecule has 3 rings (SSSR count). The molecule has 1 N–H and O–H groups in total. The number of nitrogens with zero attached hydrogens (tertiary/aromatic N) is 2. The second-order valence-corrected chi connectivity index (χ2v) is 5.52. The number of carbonyl (C=O) groups is 1. The monoisotopic (exact) mass is 327 g/mol. The molecule has 124 valence electrons. The summed E-state index contributed by atoms with van der Waals surface area (Å²) in [7, 11) is 0. The summed E-state index contributed by atoms with van der Waals surface area (Å²) in [6.45, 7) is 1.11. The summed E-state index contributed by atoms with van der Waals surface area (Å²) in [5, 5.41) is 3.76. The zero-order valence-corrected chi connectivity index (χ0v) is 12.3. The standard InChI is InChI=1S/C15H16F3N3O2/c16-15(17,18)11-8-10(12-9-23-14(22)20-19-12)4-5-13(11)21-6-2-1-3-7-21/h4-5,8H,1-3,6-7,9H2,(H,20,22). The lowest BCUT2D eigenvalue weighted by Crippen LogP contribution is -2.32. The van der Waals surface area contributed by atoms with Crippen LogP contribution in [0.1, 0.15) is 30.4 Å². The minimum atomic E-state index is -4.46. The third-order valence-corrected chi connectivity index (χ3v) is 3.95. The van der Waals surface area contributed by atoms with Gasteiger partial charge in [-0.3, -0.25) is 0 Å². The van der Waals surface area contributed by atoms with Gasteiger partial charge in [-0.15, -0.1) is 0 Å². The summed E-state index contributed by atoms with van der Waals surface area (Å²) in [5.41, 5.74) is 2.17. The van der Waals surface area contributed by atoms with Crippen LogP contribution in [0.4, 0.5) is 23.7 Å². The molecule has 0 radical (unpaired) electrons. The number of carbonyl (C=O) groups excluding carboxylic acids is 1. The zero-order chi connectivity index (χ0) is 16.4. The predicted molar refractivity (Wildman–Crippen MR) is 78.5 cm³/mol. The van der Waals surface area contributed by atoms with Gasteiger partial charge in [-0.1, -0.05) is 6.07 Å². The lowest BCUT2D eigenvalue weighted by molar-refractivity contribution is -0.137. The number of alkyl halides is 3. The predicted octanol–water partition coefficient (Wildman–Crippen LogP) is 3.14. The van der Waals surface area contributed by atoms with Gasteiger partial charge in [-0.05, 0) is 31.4 Å². The molecule has 5 nitrogen and oxygen atoms in total. The molecule has 1 aromatic carbocycles. The van der Waals surface area contributed by atoms with Gasteiger partial charge in [-0.2, -0.15) is 18.3 Å². The Hall–Kier alpha value is -2.25. The van der Waals surface area contributed by atoms with E-state index in [1.165, 1.54) is 6.07 Å². The highest BCUT2D eigenvalue weighted by atomic mass is 19.4. The van der Waals surface area contributed by atoms with Gasteiger partial charge in [0.05, 0.1) is 5.56 Å². The Balaban J connectivity index is 1.97. The second-order valence-electron chi connectivity index (χ2n) is 5.52. The topological polar surface area (TPSA) is 53.9 Å². The number of piperidine rings is 1. The number of hydrazone groups is 1. The fourth-order valence-electron chi connectivity index (χ4n) is 2.81. The lowest BCUT2D eigenvalue weighted by atomic mass is 10.0. The van der Waals surface area contributed by atoms with Gasteiger partial charge in [-0.25, -0.2) is 10.2 Å². The van der Waals surface area contributed by atoms with Crippen LogP contribution in [0.15, 0.2) is 23.3 Å². The number of anilines is 1. The number of halogens is 3. The minimum Gasteiger partial charge on any atom is -0.442 e. The van der Waals surface area contributed by atoms with Gasteiger partial charge in [0.1, 0.15) is 12.3 Å². The number of amides is 1. The number of benzene rings is 1. The maximum absolute atomic E-state index is 13.4. The fourth-order valence-corrected chi connectivity index (χ4v) is 2.81. The van der Waals surface area contributed by atoms with E-state index in [2.05, 4.69) is 10.5 Å². The van der Waals surface area contributed by atoms with E-state index in [4.69, 9.17) is 4.74 Å². The molecule has 0 aromatic heterocycles. The number of nitrogens with one attached hydrogen (secondary N) is 1. The van der Waals surface area contributed by atoms with E-state index in [1.54, 1.807) is 11.0 Å². The summed E-state index contributed by atoms with van der Waals surface area (Å²) in [6, 6.07) is 4.13. The SMILES string of the molecule is O=C1NN=C(c2ccc(N3CCCCC3)c(C(F)(F)F)c2)CO1. The van der Waals surface area contributed by atoms with Crippen LogP contribution in [0.5, 0.6) is 0 Å². The molecule has 0 spiro atoms. The third-order valence-electron chi connectivity index (χ3n) is 3.95. The van der Waals surface area contributed by atoms with E-state index in [9.17, 15) is 18.0 Å². The molecule has 2 aliphatic heterocycles. The maximum atomic E-state index is 13.4. The molecular weight excluding hydrogens is 311 g/mol. The van der Waals surface area contributed by atoms with Crippen LogP contribution < -0.4 is 10.3 Å². The van der Waals surface area contributed by atoms with Crippen LogP contribution in [-0.2, 0) is 10.9 Å². The Bertz CT molecular complexity index is 637. The van der Waals surface area contributed by atoms with Crippen molar-refractivity contribution in [3.8, 4) is 0 Å². The van der Waals surface area contributed by atoms with E-state index in [-0.39, 0.29) is 23.6 Å². The van der Waals surface area contributed by atoms with Crippen molar-refractivity contribution < 1.29 is 22.7 Å². The van der Waals surface area contributed by atoms with Crippen LogP contribution in [-0.4, -0.2) is 31.5 Å². The summed E-state index contributed by atoms with van der Waals surface area (Å²) in [6.07, 6.45) is -2.34. The van der Waals surface area contributed by atoms with Crippen molar-refractivity contribution in [1.82, 2.24) is 5.43 Å². The number of hydrogen-bond donors (Lipinski definition) is 1. The van der Waals surface area contributed by atoms with Crippen molar-refractivity contribution in [2.45, 2.75) is 25.4 Å². The highest BCUT2D eigenvalue weighted by Gasteiger charge is 2.36. The van der Waals surface area contributed by atoms with Crippen molar-refractivity contribution in [2.75, 3.05) is 24.6 Å². The summed E-state index contributed by atoms with van der Waals surface area (Å²) in [4.78, 5) is 12.7. The molecule has 2 aliphatic rings. The quantitative estimate of drug-likeness (QED) is 0.908. The largest absolute Gasteiger partial charge is 0.442 e. The molecule has 23 heavy (non-hydrogen) atoms. The summed E-state index contributed by atoms with van der Waals surface area (Å²) >= 11 is 0. The van der Waals surface area contributed by atoms with Gasteiger partial charge in [0.15, 0.2) is 0 Å². The Labute approximate surface area is 131 Å². The normalized spacial score (nSPS) is 19.0. The first-order chi connectivity index (χ1) is 10.9. The van der Waals surface area contributed by atoms with E-state index in [0.29, 0.717) is 13.1 Å². The van der Waals surface area contributed by atoms with Crippen molar-refractivity contribution in [3.63, 3.8) is 0 Å². The van der Waals surface area contributed by atoms with Gasteiger partial charge in [0, 0.05) is 24.3 Å². The van der Waals surface area contributed by atoms with Gasteiger partial charge in [0.25, 0.3) is 0 Å². The van der Waals surface area contributed by atoms with Gasteiger partial charge < -0.3 is 9.64 Å². The molecule has 0 atom stereocenters. The average molecular weight is 327 g/mol. The van der Waals surface area contributed by atoms with Crippen molar-refractivity contribution in [3.05, 3.63) is 29.3 Å². The highest BCUT2D eigenvalue weighted by molar-refractivity contribution is 6.04. The third kappa shape index (κ3) is 3.40. The molecule has 2 heterocycles. The number of hydrogen-bond acceptors (Lipinski definition) is 4. The minimum absolute atomic E-state index is 0.147. The summed E-state index contributed by atoms with van der Waals surface area (Å²) in [5.74, 6) is 0. The van der Waals surface area contributed by atoms with Crippen LogP contribution in [0.2, 0.25) is 0 Å². The van der Waals surface area contributed by atoms with Crippen LogP contribution in [0.25, 0.3) is 0 Å². The average Bonchev–Trinajstić information content (AvgIpc) is 2.55. The van der Waals surface area contributed by atoms with Crippen molar-refractivity contribution >= 4 is 17.5 Å². The Morgan fingerprint density at radius 2 is 1.91 bits per heavy atom. The molecule has 8 heteroatoms. The van der Waals surface area contributed by atoms with Crippen molar-refractivity contribution in [2.24, 2.45) is 5.10 Å². The molecule has 1 aromatic rings. The highest BCUT2D eigenvalue weighted by Crippen LogP contribution is 2.38. The van der Waals surface area contributed by atoms with E-state index in [1.807, 2.05) is 0 Å². The van der Waals surface area contributed by atoms with Crippen LogP contribution in [0.3, 0.4) is 0 Å². The smallest absolute Gasteiger partial charge is 0.428 e. The molecule has 1 fully saturated rings. The number of cyclic esters (lactones) is 1. The van der Waals surface area contributed by atoms with Gasteiger partial charge >= 0.3 is 12.3 Å². The first kappa shape index (κ1) is 15.6. The first-order valence-electron chi connectivity index (χ1n) is 7.41. The van der Waals surface area contributed by atoms with Crippen molar-refractivity contribution in [1.29, 1.82) is 0 Å². The Kier molecular flexibility index (Phi) is 4.14. The van der Waals surface area contributed by atoms with E-state index in [0.717, 1.165) is 25.3 Å². The van der Waals surface area contributed by atoms with Crippen LogP contribution >= 0.6 is 0 Å². The van der Waals surface area contributed by atoms with Gasteiger partial charge in [0.2, 0.25) is 0 Å². The molecule has 0 aliphatic carbocycles. The zero-order valence-electron chi connectivity index (χ0n) is 12.3. The Morgan fingerprint density at radius 1 is 1.17 bits per heavy atom. The fraction of sp³-hybridized carbons (Fsp3) is 0.467. The molecule has 0 unspecified atom stereocenters. The van der Waals surface area contributed by atoms with E-state index >= 15 is 0 Å². The second kappa shape index (κ2) is 6.10. The lowest BCUT2D eigenvalue weighted by Gasteiger charge is -2.31.